The number of halogens is 1. The maximum atomic E-state index is 13.6. The van der Waals surface area contributed by atoms with Gasteiger partial charge in [-0.25, -0.2) is 4.39 Å². The van der Waals surface area contributed by atoms with Crippen molar-refractivity contribution in [1.82, 2.24) is 14.8 Å². The monoisotopic (exact) mass is 291 g/mol. The number of carbonyl (C=O) groups excluding carboxylic acids is 1. The molecule has 1 aliphatic rings. The summed E-state index contributed by atoms with van der Waals surface area (Å²) in [6.07, 6.45) is 4.90. The number of hydrogen-bond acceptors (Lipinski definition) is 4. The van der Waals surface area contributed by atoms with E-state index in [1.54, 1.807) is 12.1 Å². The van der Waals surface area contributed by atoms with Gasteiger partial charge < -0.3 is 4.57 Å². The van der Waals surface area contributed by atoms with Crippen LogP contribution in [0, 0.1) is 5.82 Å². The average Bonchev–Trinajstić information content (AvgIpc) is 2.68. The predicted octanol–water partition coefficient (Wildman–Crippen LogP) is 3.11. The molecule has 0 aliphatic carbocycles. The van der Waals surface area contributed by atoms with Crippen LogP contribution in [0.4, 0.5) is 4.39 Å². The van der Waals surface area contributed by atoms with Crippen LogP contribution in [-0.4, -0.2) is 21.1 Å². The van der Waals surface area contributed by atoms with E-state index < -0.39 is 5.82 Å². The topological polar surface area (TPSA) is 47.8 Å². The minimum absolute atomic E-state index is 0.0865. The van der Waals surface area contributed by atoms with Gasteiger partial charge in [0.25, 0.3) is 0 Å². The van der Waals surface area contributed by atoms with E-state index in [0.29, 0.717) is 11.2 Å². The first-order chi connectivity index (χ1) is 9.79. The quantitative estimate of drug-likeness (QED) is 0.815. The lowest BCUT2D eigenvalue weighted by Crippen LogP contribution is -2.02. The van der Waals surface area contributed by atoms with Gasteiger partial charge in [0.05, 0.1) is 5.56 Å². The Hall–Kier alpha value is -1.69. The second-order valence-corrected chi connectivity index (χ2v) is 5.74. The zero-order valence-electron chi connectivity index (χ0n) is 10.9. The van der Waals surface area contributed by atoms with Gasteiger partial charge in [-0.15, -0.1) is 10.2 Å². The molecule has 1 aromatic carbocycles. The van der Waals surface area contributed by atoms with Crippen molar-refractivity contribution in [2.24, 2.45) is 0 Å². The number of aldehydes is 1. The highest BCUT2D eigenvalue weighted by atomic mass is 32.2. The van der Waals surface area contributed by atoms with E-state index >= 15 is 0 Å². The highest BCUT2D eigenvalue weighted by molar-refractivity contribution is 7.99. The Morgan fingerprint density at radius 3 is 3.00 bits per heavy atom. The third-order valence-corrected chi connectivity index (χ3v) is 4.47. The molecule has 6 heteroatoms. The second kappa shape index (κ2) is 5.75. The first kappa shape index (κ1) is 13.3. The zero-order chi connectivity index (χ0) is 13.9. The van der Waals surface area contributed by atoms with Crippen LogP contribution >= 0.6 is 11.8 Å². The molecule has 0 unspecified atom stereocenters. The molecular weight excluding hydrogens is 277 g/mol. The van der Waals surface area contributed by atoms with E-state index in [2.05, 4.69) is 14.8 Å². The van der Waals surface area contributed by atoms with Gasteiger partial charge in [-0.3, -0.25) is 4.79 Å². The van der Waals surface area contributed by atoms with Crippen molar-refractivity contribution >= 4 is 18.0 Å². The van der Waals surface area contributed by atoms with Crippen molar-refractivity contribution in [3.63, 3.8) is 0 Å². The van der Waals surface area contributed by atoms with Gasteiger partial charge in [0, 0.05) is 17.9 Å². The Balaban J connectivity index is 1.94. The van der Waals surface area contributed by atoms with Gasteiger partial charge in [0.2, 0.25) is 0 Å². The third kappa shape index (κ3) is 2.47. The standard InChI is InChI=1S/C14H14FN3OS/c15-11-5-4-6-12(10(11)9-19)20-14-17-16-13-7-2-1-3-8-18(13)14/h4-6,9H,1-3,7-8H2. The van der Waals surface area contributed by atoms with Crippen LogP contribution in [0.3, 0.4) is 0 Å². The summed E-state index contributed by atoms with van der Waals surface area (Å²) in [4.78, 5) is 11.6. The molecule has 3 rings (SSSR count). The molecule has 0 atom stereocenters. The van der Waals surface area contributed by atoms with E-state index in [9.17, 15) is 9.18 Å². The van der Waals surface area contributed by atoms with Gasteiger partial charge in [-0.1, -0.05) is 12.5 Å². The number of fused-ring (bicyclic) bond motifs is 1. The highest BCUT2D eigenvalue weighted by Crippen LogP contribution is 2.31. The van der Waals surface area contributed by atoms with Crippen LogP contribution in [0.25, 0.3) is 0 Å². The van der Waals surface area contributed by atoms with Crippen molar-refractivity contribution in [3.8, 4) is 0 Å². The van der Waals surface area contributed by atoms with Gasteiger partial charge in [-0.05, 0) is 36.7 Å². The molecule has 0 amide bonds. The van der Waals surface area contributed by atoms with Crippen molar-refractivity contribution < 1.29 is 9.18 Å². The minimum Gasteiger partial charge on any atom is -0.306 e. The fourth-order valence-corrected chi connectivity index (χ4v) is 3.34. The van der Waals surface area contributed by atoms with Gasteiger partial charge in [0.1, 0.15) is 11.6 Å². The van der Waals surface area contributed by atoms with E-state index in [1.165, 1.54) is 24.2 Å². The van der Waals surface area contributed by atoms with Crippen molar-refractivity contribution in [2.45, 2.75) is 42.3 Å². The molecule has 1 aliphatic heterocycles. The Labute approximate surface area is 120 Å². The highest BCUT2D eigenvalue weighted by Gasteiger charge is 2.17. The lowest BCUT2D eigenvalue weighted by atomic mass is 10.2. The lowest BCUT2D eigenvalue weighted by molar-refractivity contribution is 0.111. The number of aromatic nitrogens is 3. The molecule has 1 aromatic heterocycles. The van der Waals surface area contributed by atoms with E-state index in [4.69, 9.17) is 0 Å². The summed E-state index contributed by atoms with van der Waals surface area (Å²) in [7, 11) is 0. The summed E-state index contributed by atoms with van der Waals surface area (Å²) < 4.78 is 15.7. The average molecular weight is 291 g/mol. The second-order valence-electron chi connectivity index (χ2n) is 4.73. The smallest absolute Gasteiger partial charge is 0.196 e. The number of benzene rings is 1. The number of nitrogens with zero attached hydrogens (tertiary/aromatic N) is 3. The normalized spacial score (nSPS) is 14.7. The Morgan fingerprint density at radius 1 is 1.25 bits per heavy atom. The summed E-state index contributed by atoms with van der Waals surface area (Å²) in [5, 5.41) is 9.11. The number of carbonyl (C=O) groups is 1. The van der Waals surface area contributed by atoms with Gasteiger partial charge >= 0.3 is 0 Å². The summed E-state index contributed by atoms with van der Waals surface area (Å²) in [5.74, 6) is 0.481. The maximum Gasteiger partial charge on any atom is 0.196 e. The van der Waals surface area contributed by atoms with Gasteiger partial charge in [0.15, 0.2) is 11.4 Å². The molecule has 20 heavy (non-hydrogen) atoms. The molecule has 104 valence electrons. The van der Waals surface area contributed by atoms with Gasteiger partial charge in [-0.2, -0.15) is 0 Å². The molecule has 2 aromatic rings. The third-order valence-electron chi connectivity index (χ3n) is 3.41. The van der Waals surface area contributed by atoms with E-state index in [0.717, 1.165) is 36.8 Å². The molecule has 0 radical (unpaired) electrons. The van der Waals surface area contributed by atoms with Crippen LogP contribution in [0.15, 0.2) is 28.3 Å². The summed E-state index contributed by atoms with van der Waals surface area (Å²) >= 11 is 1.30. The molecule has 0 saturated carbocycles. The summed E-state index contributed by atoms with van der Waals surface area (Å²) in [6.45, 7) is 0.885. The molecule has 0 bridgehead atoms. The van der Waals surface area contributed by atoms with Crippen LogP contribution in [0.1, 0.15) is 35.4 Å². The van der Waals surface area contributed by atoms with Crippen molar-refractivity contribution in [3.05, 3.63) is 35.4 Å². The summed E-state index contributed by atoms with van der Waals surface area (Å²) in [6, 6.07) is 4.62. The maximum absolute atomic E-state index is 13.6. The zero-order valence-corrected chi connectivity index (χ0v) is 11.7. The van der Waals surface area contributed by atoms with E-state index in [1.807, 2.05) is 0 Å². The van der Waals surface area contributed by atoms with Crippen molar-refractivity contribution in [2.75, 3.05) is 0 Å². The predicted molar refractivity (Wildman–Crippen MR) is 73.5 cm³/mol. The molecule has 0 spiro atoms. The Morgan fingerprint density at radius 2 is 2.15 bits per heavy atom. The Kier molecular flexibility index (Phi) is 3.82. The van der Waals surface area contributed by atoms with E-state index in [-0.39, 0.29) is 5.56 Å². The van der Waals surface area contributed by atoms with Crippen molar-refractivity contribution in [1.29, 1.82) is 0 Å². The number of hydrogen-bond donors (Lipinski definition) is 0. The SMILES string of the molecule is O=Cc1c(F)cccc1Sc1nnc2n1CCCCC2. The number of rotatable bonds is 3. The molecule has 0 fully saturated rings. The first-order valence-electron chi connectivity index (χ1n) is 6.63. The first-order valence-corrected chi connectivity index (χ1v) is 7.45. The molecule has 4 nitrogen and oxygen atoms in total. The number of aryl methyl sites for hydroxylation is 1. The summed E-state index contributed by atoms with van der Waals surface area (Å²) in [5.41, 5.74) is 0.0865. The lowest BCUT2D eigenvalue weighted by Gasteiger charge is -2.07. The van der Waals surface area contributed by atoms with Crippen LogP contribution in [-0.2, 0) is 13.0 Å². The molecule has 2 heterocycles. The fourth-order valence-electron chi connectivity index (χ4n) is 2.35. The minimum atomic E-state index is -0.499. The van der Waals surface area contributed by atoms with Crippen LogP contribution in [0.2, 0.25) is 0 Å². The van der Waals surface area contributed by atoms with Crippen LogP contribution in [0.5, 0.6) is 0 Å². The molecule has 0 saturated heterocycles. The van der Waals surface area contributed by atoms with Crippen LogP contribution < -0.4 is 0 Å². The molecule has 0 N–H and O–H groups in total. The largest absolute Gasteiger partial charge is 0.306 e. The fraction of sp³-hybridized carbons (Fsp3) is 0.357. The Bertz CT molecular complexity index is 641. The molecular formula is C14H14FN3OS.